The van der Waals surface area contributed by atoms with Crippen LogP contribution in [0.1, 0.15) is 23.2 Å². The lowest BCUT2D eigenvalue weighted by Gasteiger charge is -2.30. The van der Waals surface area contributed by atoms with Gasteiger partial charge in [-0.25, -0.2) is 0 Å². The van der Waals surface area contributed by atoms with Crippen LogP contribution >= 0.6 is 0 Å². The number of hydrogen-bond acceptors (Lipinski definition) is 4. The molecule has 1 aromatic heterocycles. The van der Waals surface area contributed by atoms with Crippen LogP contribution in [0.2, 0.25) is 0 Å². The second-order valence-electron chi connectivity index (χ2n) is 8.29. The summed E-state index contributed by atoms with van der Waals surface area (Å²) in [7, 11) is 3.99. The molecule has 2 unspecified atom stereocenters. The highest BCUT2D eigenvalue weighted by Gasteiger charge is 2.53. The van der Waals surface area contributed by atoms with E-state index in [4.69, 9.17) is 0 Å². The average Bonchev–Trinajstić information content (AvgIpc) is 3.36. The van der Waals surface area contributed by atoms with Gasteiger partial charge < -0.3 is 9.47 Å². The van der Waals surface area contributed by atoms with E-state index in [0.717, 1.165) is 48.2 Å². The first-order valence-electron chi connectivity index (χ1n) is 10.0. The topological polar surface area (TPSA) is 59.0 Å². The second-order valence-corrected chi connectivity index (χ2v) is 8.29. The minimum absolute atomic E-state index is 0.159. The van der Waals surface area contributed by atoms with Gasteiger partial charge in [-0.05, 0) is 30.7 Å². The fourth-order valence-electron chi connectivity index (χ4n) is 5.56. The van der Waals surface area contributed by atoms with E-state index in [-0.39, 0.29) is 11.5 Å². The van der Waals surface area contributed by atoms with Gasteiger partial charge in [-0.2, -0.15) is 10.5 Å². The Morgan fingerprint density at radius 3 is 2.62 bits per heavy atom. The van der Waals surface area contributed by atoms with Crippen molar-refractivity contribution >= 4 is 16.6 Å². The number of aryl methyl sites for hydroxylation is 1. The van der Waals surface area contributed by atoms with Gasteiger partial charge in [-0.3, -0.25) is 4.90 Å². The SMILES string of the molecule is CN1c2ccccc2C2(CCN(Cc3c(C#N)n(C)c4ccccc34)C2)C1C#N. The number of anilines is 1. The van der Waals surface area contributed by atoms with Crippen LogP contribution < -0.4 is 4.90 Å². The molecular weight excluding hydrogens is 358 g/mol. The Balaban J connectivity index is 1.53. The monoisotopic (exact) mass is 381 g/mol. The van der Waals surface area contributed by atoms with Gasteiger partial charge in [-0.15, -0.1) is 0 Å². The minimum Gasteiger partial charge on any atom is -0.358 e. The Labute approximate surface area is 171 Å². The van der Waals surface area contributed by atoms with E-state index in [0.29, 0.717) is 0 Å². The van der Waals surface area contributed by atoms with Crippen LogP contribution in [0.25, 0.3) is 10.9 Å². The predicted octanol–water partition coefficient (Wildman–Crippen LogP) is 3.54. The van der Waals surface area contributed by atoms with Crippen molar-refractivity contribution in [1.82, 2.24) is 9.47 Å². The normalized spacial score (nSPS) is 23.4. The zero-order chi connectivity index (χ0) is 20.2. The van der Waals surface area contributed by atoms with Gasteiger partial charge >= 0.3 is 0 Å². The summed E-state index contributed by atoms with van der Waals surface area (Å²) in [5.41, 5.74) is 5.20. The Hall–Kier alpha value is -3.28. The maximum absolute atomic E-state index is 9.98. The molecule has 2 aliphatic rings. The Bertz CT molecular complexity index is 1190. The summed E-state index contributed by atoms with van der Waals surface area (Å²) in [6.07, 6.45) is 0.958. The zero-order valence-electron chi connectivity index (χ0n) is 16.8. The standard InChI is InChI=1S/C24H23N5/c1-27-20-9-5-3-7-17(20)18(22(27)13-25)15-29-12-11-24(16-29)19-8-4-6-10-21(19)28(2)23(24)14-26/h3-10,23H,11-12,15-16H2,1-2H3. The van der Waals surface area contributed by atoms with E-state index in [1.54, 1.807) is 0 Å². The van der Waals surface area contributed by atoms with Crippen LogP contribution in [0.3, 0.4) is 0 Å². The van der Waals surface area contributed by atoms with Crippen molar-refractivity contribution in [2.75, 3.05) is 25.0 Å². The van der Waals surface area contributed by atoms with Crippen LogP contribution in [0.4, 0.5) is 5.69 Å². The summed E-state index contributed by atoms with van der Waals surface area (Å²) in [5, 5.41) is 20.9. The van der Waals surface area contributed by atoms with Crippen molar-refractivity contribution in [3.05, 3.63) is 65.4 Å². The number of hydrogen-bond donors (Lipinski definition) is 0. The molecule has 3 aromatic rings. The number of aromatic nitrogens is 1. The van der Waals surface area contributed by atoms with Crippen molar-refractivity contribution in [2.24, 2.45) is 7.05 Å². The maximum Gasteiger partial charge on any atom is 0.127 e. The molecule has 1 spiro atoms. The molecule has 2 aromatic carbocycles. The van der Waals surface area contributed by atoms with Crippen LogP contribution in [0.15, 0.2) is 48.5 Å². The van der Waals surface area contributed by atoms with Crippen molar-refractivity contribution in [3.8, 4) is 12.1 Å². The van der Waals surface area contributed by atoms with Gasteiger partial charge in [0.15, 0.2) is 0 Å². The molecule has 1 saturated heterocycles. The lowest BCUT2D eigenvalue weighted by molar-refractivity contribution is 0.299. The van der Waals surface area contributed by atoms with Crippen molar-refractivity contribution in [3.63, 3.8) is 0 Å². The first-order chi connectivity index (χ1) is 14.1. The van der Waals surface area contributed by atoms with Crippen LogP contribution in [0, 0.1) is 22.7 Å². The molecule has 0 bridgehead atoms. The van der Waals surface area contributed by atoms with Crippen LogP contribution in [0.5, 0.6) is 0 Å². The third-order valence-corrected chi connectivity index (χ3v) is 6.93. The molecule has 0 N–H and O–H groups in total. The third-order valence-electron chi connectivity index (χ3n) is 6.93. The third kappa shape index (κ3) is 2.35. The van der Waals surface area contributed by atoms with Gasteiger partial charge in [0.05, 0.1) is 6.07 Å². The van der Waals surface area contributed by atoms with Gasteiger partial charge in [0.2, 0.25) is 0 Å². The quantitative estimate of drug-likeness (QED) is 0.681. The van der Waals surface area contributed by atoms with E-state index in [1.807, 2.05) is 36.9 Å². The number of rotatable bonds is 2. The summed E-state index contributed by atoms with van der Waals surface area (Å²) < 4.78 is 1.99. The molecule has 0 aliphatic carbocycles. The van der Waals surface area contributed by atoms with Crippen LogP contribution in [-0.2, 0) is 19.0 Å². The minimum atomic E-state index is -0.169. The number of likely N-dealkylation sites (N-methyl/N-ethyl adjacent to an activating group) is 1. The number of para-hydroxylation sites is 2. The second kappa shape index (κ2) is 6.37. The van der Waals surface area contributed by atoms with E-state index in [9.17, 15) is 10.5 Å². The molecule has 0 saturated carbocycles. The summed E-state index contributed by atoms with van der Waals surface area (Å²) in [5.74, 6) is 0. The van der Waals surface area contributed by atoms with E-state index in [1.165, 1.54) is 11.3 Å². The molecular formula is C24H23N5. The molecule has 144 valence electrons. The first kappa shape index (κ1) is 17.8. The molecule has 2 atom stereocenters. The lowest BCUT2D eigenvalue weighted by Crippen LogP contribution is -2.44. The summed E-state index contributed by atoms with van der Waals surface area (Å²) >= 11 is 0. The zero-order valence-corrected chi connectivity index (χ0v) is 16.8. The summed E-state index contributed by atoms with van der Waals surface area (Å²) in [6.45, 7) is 2.49. The van der Waals surface area contributed by atoms with E-state index >= 15 is 0 Å². The highest BCUT2D eigenvalue weighted by atomic mass is 15.2. The number of likely N-dealkylation sites (tertiary alicyclic amines) is 1. The lowest BCUT2D eigenvalue weighted by atomic mass is 9.76. The number of nitrogens with zero attached hydrogens (tertiary/aromatic N) is 5. The number of fused-ring (bicyclic) bond motifs is 3. The fraction of sp³-hybridized carbons (Fsp3) is 0.333. The molecule has 1 fully saturated rings. The highest BCUT2D eigenvalue weighted by Crippen LogP contribution is 2.50. The van der Waals surface area contributed by atoms with Crippen molar-refractivity contribution in [1.29, 1.82) is 10.5 Å². The molecule has 29 heavy (non-hydrogen) atoms. The number of nitriles is 2. The largest absolute Gasteiger partial charge is 0.358 e. The highest BCUT2D eigenvalue weighted by molar-refractivity contribution is 5.86. The van der Waals surface area contributed by atoms with Crippen molar-refractivity contribution in [2.45, 2.75) is 24.4 Å². The molecule has 5 rings (SSSR count). The molecule has 0 amide bonds. The average molecular weight is 381 g/mol. The number of benzene rings is 2. The van der Waals surface area contributed by atoms with Crippen molar-refractivity contribution < 1.29 is 0 Å². The van der Waals surface area contributed by atoms with Crippen LogP contribution in [-0.4, -0.2) is 35.6 Å². The predicted molar refractivity (Wildman–Crippen MR) is 113 cm³/mol. The van der Waals surface area contributed by atoms with Gasteiger partial charge in [0, 0.05) is 54.8 Å². The molecule has 0 radical (unpaired) electrons. The molecule has 3 heterocycles. The van der Waals surface area contributed by atoms with E-state index < -0.39 is 0 Å². The van der Waals surface area contributed by atoms with Gasteiger partial charge in [-0.1, -0.05) is 36.4 Å². The Morgan fingerprint density at radius 2 is 1.83 bits per heavy atom. The maximum atomic E-state index is 9.98. The molecule has 2 aliphatic heterocycles. The first-order valence-corrected chi connectivity index (χ1v) is 10.0. The Kier molecular flexibility index (Phi) is 3.91. The van der Waals surface area contributed by atoms with Gasteiger partial charge in [0.25, 0.3) is 0 Å². The van der Waals surface area contributed by atoms with E-state index in [2.05, 4.69) is 52.3 Å². The molecule has 5 nitrogen and oxygen atoms in total. The van der Waals surface area contributed by atoms with Gasteiger partial charge in [0.1, 0.15) is 17.8 Å². The smallest absolute Gasteiger partial charge is 0.127 e. The summed E-state index contributed by atoms with van der Waals surface area (Å²) in [4.78, 5) is 4.56. The summed E-state index contributed by atoms with van der Waals surface area (Å²) in [6, 6.07) is 21.5. The Morgan fingerprint density at radius 1 is 1.07 bits per heavy atom. The molecule has 5 heteroatoms. The fourth-order valence-corrected chi connectivity index (χ4v) is 5.56.